The van der Waals surface area contributed by atoms with Gasteiger partial charge in [0.05, 0.1) is 66.2 Å². The second kappa shape index (κ2) is 24.9. The molecule has 0 saturated heterocycles. The standard InChI is InChI=1S/C40H23NO.2C36H22N2/c1-2-13-29-28(12-1)30-16-6-9-24-21-22-34-40(37(24)30)39-31(29)17-7-18-33(39)41(34)26-11-5-10-25(23-26)27-15-8-20-36-38(27)32-14-3-4-19-35(32)42-36;1-2-10-23(11-3-1)24-12-8-13-25(22-24)37-32-19-9-16-28-26-14-4-6-17-30(26)38-31-18-7-5-15-27(31)29-20-21-33(37)35(34(28)32)36(29)38;1-2-9-23(10-3-1)24-17-19-25(20-18-24)37-32-16-8-13-28-26-11-4-6-14-30(26)38-31-15-7-5-12-27(31)29-21-22-33(37)35(34(28)32)36(29)38/h1-23H;2*1-22H. The Morgan fingerprint density at radius 1 is 0.161 bits per heavy atom. The summed E-state index contributed by atoms with van der Waals surface area (Å²) in [5, 5.41) is 23.2. The average Bonchev–Trinajstić information content (AvgIpc) is 1.52. The summed E-state index contributed by atoms with van der Waals surface area (Å²) < 4.78 is 18.6. The highest BCUT2D eigenvalue weighted by atomic mass is 16.3. The first-order valence-corrected chi connectivity index (χ1v) is 40.7. The summed E-state index contributed by atoms with van der Waals surface area (Å²) in [5.41, 5.74) is 32.8. The molecular weight excluding hydrogens is 1430 g/mol. The lowest BCUT2D eigenvalue weighted by Crippen LogP contribution is -1.95. The Kier molecular flexibility index (Phi) is 13.6. The van der Waals surface area contributed by atoms with Gasteiger partial charge in [0.1, 0.15) is 11.2 Å². The molecule has 8 heterocycles. The zero-order chi connectivity index (χ0) is 77.0. The van der Waals surface area contributed by atoms with Gasteiger partial charge in [-0.1, -0.05) is 297 Å². The number of fused-ring (bicyclic) bond motifs is 18. The normalized spacial score (nSPS) is 12.2. The molecule has 28 rings (SSSR count). The second-order valence-electron chi connectivity index (χ2n) is 31.6. The number of para-hydroxylation sites is 5. The van der Waals surface area contributed by atoms with Crippen LogP contribution in [0.4, 0.5) is 0 Å². The van der Waals surface area contributed by atoms with E-state index in [-0.39, 0.29) is 0 Å². The molecule has 0 N–H and O–H groups in total. The van der Waals surface area contributed by atoms with E-state index < -0.39 is 0 Å². The summed E-state index contributed by atoms with van der Waals surface area (Å²) in [6, 6.07) is 148. The van der Waals surface area contributed by atoms with Crippen LogP contribution in [0.15, 0.2) is 411 Å². The van der Waals surface area contributed by atoms with Crippen LogP contribution in [-0.2, 0) is 0 Å². The lowest BCUT2D eigenvalue weighted by molar-refractivity contribution is 0.669. The van der Waals surface area contributed by atoms with Gasteiger partial charge >= 0.3 is 0 Å². The number of aromatic nitrogens is 5. The minimum Gasteiger partial charge on any atom is -0.456 e. The number of nitrogens with zero attached hydrogens (tertiary/aromatic N) is 5. The number of benzene rings is 19. The summed E-state index contributed by atoms with van der Waals surface area (Å²) in [7, 11) is 0. The van der Waals surface area contributed by atoms with E-state index in [1.807, 2.05) is 12.1 Å². The van der Waals surface area contributed by atoms with Crippen molar-refractivity contribution in [2.45, 2.75) is 0 Å². The van der Waals surface area contributed by atoms with Crippen LogP contribution in [0.5, 0.6) is 0 Å². The predicted molar refractivity (Wildman–Crippen MR) is 497 cm³/mol. The first-order chi connectivity index (χ1) is 58.6. The molecule has 1 aliphatic rings. The highest BCUT2D eigenvalue weighted by Crippen LogP contribution is 2.52. The molecule has 0 radical (unpaired) electrons. The molecule has 0 atom stereocenters. The van der Waals surface area contributed by atoms with Crippen LogP contribution in [0.2, 0.25) is 0 Å². The number of furan rings is 1. The van der Waals surface area contributed by atoms with Gasteiger partial charge in [0.25, 0.3) is 0 Å². The quantitative estimate of drug-likeness (QED) is 0.163. The number of rotatable bonds is 6. The van der Waals surface area contributed by atoms with Crippen molar-refractivity contribution in [3.8, 4) is 72.7 Å². The van der Waals surface area contributed by atoms with Crippen molar-refractivity contribution in [2.75, 3.05) is 0 Å². The van der Waals surface area contributed by atoms with Gasteiger partial charge in [-0.15, -0.1) is 0 Å². The lowest BCUT2D eigenvalue weighted by atomic mass is 9.93. The maximum atomic E-state index is 6.23. The minimum absolute atomic E-state index is 0.917. The van der Waals surface area contributed by atoms with Crippen molar-refractivity contribution in [2.24, 2.45) is 0 Å². The van der Waals surface area contributed by atoms with Crippen molar-refractivity contribution in [1.82, 2.24) is 22.5 Å². The van der Waals surface area contributed by atoms with Crippen molar-refractivity contribution in [3.05, 3.63) is 406 Å². The molecule has 0 aliphatic heterocycles. The SMILES string of the molecule is c1cc(-c2cccc3oc4ccccc4c23)cc(-n2c3cccc4c3c3c5c(cccc5ccc32)-c2ccccc2-4)c1.c1ccc(-c2ccc(-n3c4cccc5c6ccccc6n6c7ccccc7c7ccc3c(c54)c76)cc2)cc1.c1ccc(-c2cccc(-n3c4cccc5c6ccccc6n6c7ccccc7c7ccc3c(c54)c76)c2)cc1. The first kappa shape index (κ1) is 64.7. The molecule has 546 valence electrons. The molecule has 0 unspecified atom stereocenters. The van der Waals surface area contributed by atoms with Gasteiger partial charge in [0, 0.05) is 92.5 Å². The van der Waals surface area contributed by atoms with Crippen molar-refractivity contribution in [1.29, 1.82) is 0 Å². The van der Waals surface area contributed by atoms with Gasteiger partial charge < -0.3 is 26.9 Å². The van der Waals surface area contributed by atoms with Gasteiger partial charge in [-0.3, -0.25) is 0 Å². The third kappa shape index (κ3) is 9.11. The molecular formula is C112H67N5O. The molecule has 1 aliphatic carbocycles. The van der Waals surface area contributed by atoms with Crippen LogP contribution in [0, 0.1) is 0 Å². The van der Waals surface area contributed by atoms with E-state index in [9.17, 15) is 0 Å². The molecule has 118 heavy (non-hydrogen) atoms. The van der Waals surface area contributed by atoms with Gasteiger partial charge in [0.15, 0.2) is 0 Å². The number of hydrogen-bond donors (Lipinski definition) is 0. The van der Waals surface area contributed by atoms with Crippen LogP contribution in [0.25, 0.3) is 247 Å². The molecule has 19 aromatic carbocycles. The highest BCUT2D eigenvalue weighted by molar-refractivity contribution is 6.36. The fraction of sp³-hybridized carbons (Fsp3) is 0. The van der Waals surface area contributed by atoms with Gasteiger partial charge in [-0.05, 0) is 186 Å². The van der Waals surface area contributed by atoms with E-state index in [0.717, 1.165) is 27.6 Å². The molecule has 27 aromatic rings. The topological polar surface area (TPSA) is 36.8 Å². The lowest BCUT2D eigenvalue weighted by Gasteiger charge is -2.14. The summed E-state index contributed by atoms with van der Waals surface area (Å²) in [6.07, 6.45) is 0. The van der Waals surface area contributed by atoms with Gasteiger partial charge in [0.2, 0.25) is 0 Å². The van der Waals surface area contributed by atoms with Crippen LogP contribution >= 0.6 is 0 Å². The van der Waals surface area contributed by atoms with Gasteiger partial charge in [-0.25, -0.2) is 0 Å². The van der Waals surface area contributed by atoms with Crippen LogP contribution in [0.3, 0.4) is 0 Å². The smallest absolute Gasteiger partial charge is 0.136 e. The highest BCUT2D eigenvalue weighted by Gasteiger charge is 2.29. The van der Waals surface area contributed by atoms with Crippen LogP contribution in [0.1, 0.15) is 0 Å². The fourth-order valence-corrected chi connectivity index (χ4v) is 20.8. The molecule has 0 amide bonds. The Bertz CT molecular complexity index is 8870. The molecule has 6 heteroatoms. The molecule has 0 spiro atoms. The fourth-order valence-electron chi connectivity index (χ4n) is 20.8. The Morgan fingerprint density at radius 2 is 0.525 bits per heavy atom. The minimum atomic E-state index is 0.917. The van der Waals surface area contributed by atoms with Crippen molar-refractivity contribution in [3.63, 3.8) is 0 Å². The van der Waals surface area contributed by atoms with E-state index in [0.29, 0.717) is 0 Å². The maximum Gasteiger partial charge on any atom is 0.136 e. The molecule has 8 aromatic heterocycles. The summed E-state index contributed by atoms with van der Waals surface area (Å²) in [5.74, 6) is 0. The van der Waals surface area contributed by atoms with Crippen molar-refractivity contribution < 1.29 is 4.42 Å². The van der Waals surface area contributed by atoms with E-state index in [4.69, 9.17) is 4.42 Å². The van der Waals surface area contributed by atoms with Crippen molar-refractivity contribution >= 4 is 174 Å². The first-order valence-electron chi connectivity index (χ1n) is 40.7. The van der Waals surface area contributed by atoms with Crippen LogP contribution in [-0.4, -0.2) is 22.5 Å². The Labute approximate surface area is 675 Å². The molecule has 0 bridgehead atoms. The third-order valence-corrected chi connectivity index (χ3v) is 25.6. The van der Waals surface area contributed by atoms with Gasteiger partial charge in [-0.2, -0.15) is 0 Å². The van der Waals surface area contributed by atoms with E-state index >= 15 is 0 Å². The second-order valence-corrected chi connectivity index (χ2v) is 31.6. The summed E-state index contributed by atoms with van der Waals surface area (Å²) in [4.78, 5) is 0. The van der Waals surface area contributed by atoms with E-state index in [1.54, 1.807) is 0 Å². The number of hydrogen-bond acceptors (Lipinski definition) is 1. The average molecular weight is 1500 g/mol. The zero-order valence-electron chi connectivity index (χ0n) is 63.8. The summed E-state index contributed by atoms with van der Waals surface area (Å²) in [6.45, 7) is 0. The third-order valence-electron chi connectivity index (χ3n) is 25.6. The molecule has 0 saturated carbocycles. The van der Waals surface area contributed by atoms with E-state index in [2.05, 4.69) is 417 Å². The predicted octanol–water partition coefficient (Wildman–Crippen LogP) is 30.4. The molecule has 6 nitrogen and oxygen atoms in total. The largest absolute Gasteiger partial charge is 0.456 e. The Balaban J connectivity index is 0.0000000964. The van der Waals surface area contributed by atoms with Crippen LogP contribution < -0.4 is 0 Å². The zero-order valence-corrected chi connectivity index (χ0v) is 63.8. The maximum absolute atomic E-state index is 6.23. The Morgan fingerprint density at radius 3 is 1.11 bits per heavy atom. The summed E-state index contributed by atoms with van der Waals surface area (Å²) >= 11 is 0. The Hall–Kier alpha value is -15.8. The van der Waals surface area contributed by atoms with E-state index in [1.165, 1.54) is 219 Å². The monoisotopic (exact) mass is 1500 g/mol. The molecule has 0 fully saturated rings.